The molecule has 0 unspecified atom stereocenters. The van der Waals surface area contributed by atoms with Crippen molar-refractivity contribution < 1.29 is 9.53 Å². The van der Waals surface area contributed by atoms with E-state index in [2.05, 4.69) is 0 Å². The molecule has 4 heteroatoms. The highest BCUT2D eigenvalue weighted by Gasteiger charge is 2.05. The van der Waals surface area contributed by atoms with Crippen LogP contribution in [0, 0.1) is 0 Å². The van der Waals surface area contributed by atoms with E-state index in [1.165, 1.54) is 11.3 Å². The van der Waals surface area contributed by atoms with E-state index in [0.717, 1.165) is 15.6 Å². The molecule has 0 aliphatic carbocycles. The zero-order chi connectivity index (χ0) is 10.4. The Balaban J connectivity index is 2.27. The number of thiophene rings is 1. The van der Waals surface area contributed by atoms with E-state index in [1.807, 2.05) is 19.1 Å². The second kappa shape index (κ2) is 6.17. The molecular formula is C10H13ClO2S. The minimum atomic E-state index is 0.108. The molecule has 0 aliphatic heterocycles. The molecule has 1 aromatic rings. The normalized spacial score (nSPS) is 10.4. The van der Waals surface area contributed by atoms with Gasteiger partial charge < -0.3 is 4.74 Å². The van der Waals surface area contributed by atoms with E-state index in [1.54, 1.807) is 0 Å². The van der Waals surface area contributed by atoms with Crippen molar-refractivity contribution in [3.05, 3.63) is 21.3 Å². The maximum atomic E-state index is 11.3. The van der Waals surface area contributed by atoms with Crippen LogP contribution in [0.25, 0.3) is 0 Å². The van der Waals surface area contributed by atoms with E-state index >= 15 is 0 Å². The summed E-state index contributed by atoms with van der Waals surface area (Å²) in [6.45, 7) is 2.88. The third kappa shape index (κ3) is 4.22. The fraction of sp³-hybridized carbons (Fsp3) is 0.500. The van der Waals surface area contributed by atoms with Crippen LogP contribution >= 0.6 is 22.9 Å². The molecule has 0 fully saturated rings. The summed E-state index contributed by atoms with van der Waals surface area (Å²) >= 11 is 7.19. The maximum absolute atomic E-state index is 11.3. The number of hydrogen-bond acceptors (Lipinski definition) is 3. The molecular weight excluding hydrogens is 220 g/mol. The summed E-state index contributed by atoms with van der Waals surface area (Å²) < 4.78 is 5.87. The lowest BCUT2D eigenvalue weighted by Gasteiger charge is -1.99. The number of ketones is 1. The number of hydrogen-bond donors (Lipinski definition) is 0. The van der Waals surface area contributed by atoms with Crippen LogP contribution in [0.2, 0.25) is 4.34 Å². The fourth-order valence-electron chi connectivity index (χ4n) is 1.02. The van der Waals surface area contributed by atoms with Gasteiger partial charge in [0.2, 0.25) is 0 Å². The van der Waals surface area contributed by atoms with Crippen LogP contribution in [0.4, 0.5) is 0 Å². The van der Waals surface area contributed by atoms with Crippen molar-refractivity contribution in [2.75, 3.05) is 13.2 Å². The lowest BCUT2D eigenvalue weighted by molar-refractivity contribution is -0.122. The van der Waals surface area contributed by atoms with Crippen LogP contribution in [0.15, 0.2) is 12.1 Å². The van der Waals surface area contributed by atoms with Gasteiger partial charge in [-0.25, -0.2) is 0 Å². The number of halogens is 1. The highest BCUT2D eigenvalue weighted by molar-refractivity contribution is 7.16. The van der Waals surface area contributed by atoms with Crippen LogP contribution in [-0.4, -0.2) is 19.0 Å². The Morgan fingerprint density at radius 1 is 1.57 bits per heavy atom. The van der Waals surface area contributed by atoms with Crippen molar-refractivity contribution in [3.8, 4) is 0 Å². The van der Waals surface area contributed by atoms with Crippen LogP contribution in [0.1, 0.15) is 18.2 Å². The first kappa shape index (κ1) is 11.7. The van der Waals surface area contributed by atoms with E-state index < -0.39 is 0 Å². The topological polar surface area (TPSA) is 26.3 Å². The molecule has 0 radical (unpaired) electrons. The van der Waals surface area contributed by atoms with Crippen LogP contribution in [-0.2, 0) is 16.0 Å². The van der Waals surface area contributed by atoms with Crippen LogP contribution < -0.4 is 0 Å². The molecule has 0 N–H and O–H groups in total. The molecule has 0 aromatic carbocycles. The highest BCUT2D eigenvalue weighted by Crippen LogP contribution is 2.21. The highest BCUT2D eigenvalue weighted by atomic mass is 35.5. The first-order chi connectivity index (χ1) is 6.72. The molecule has 2 nitrogen and oxygen atoms in total. The van der Waals surface area contributed by atoms with Crippen molar-refractivity contribution in [2.45, 2.75) is 19.8 Å². The molecule has 0 spiro atoms. The number of carbonyl (C=O) groups is 1. The van der Waals surface area contributed by atoms with Gasteiger partial charge in [-0.15, -0.1) is 11.3 Å². The zero-order valence-corrected chi connectivity index (χ0v) is 9.66. The Morgan fingerprint density at radius 3 is 2.93 bits per heavy atom. The summed E-state index contributed by atoms with van der Waals surface area (Å²) in [7, 11) is 0. The van der Waals surface area contributed by atoms with Gasteiger partial charge in [-0.1, -0.05) is 18.5 Å². The van der Waals surface area contributed by atoms with Gasteiger partial charge in [-0.05, 0) is 18.6 Å². The first-order valence-corrected chi connectivity index (χ1v) is 5.75. The maximum Gasteiger partial charge on any atom is 0.163 e. The monoisotopic (exact) mass is 232 g/mol. The molecule has 1 heterocycles. The Hall–Kier alpha value is -0.380. The van der Waals surface area contributed by atoms with E-state index in [-0.39, 0.29) is 12.4 Å². The largest absolute Gasteiger partial charge is 0.374 e. The van der Waals surface area contributed by atoms with Crippen molar-refractivity contribution in [1.29, 1.82) is 0 Å². The standard InChI is InChI=1S/C10H13ClO2S/c1-2-5-13-7-8(12)6-9-3-4-10(11)14-9/h3-4H,2,5-7H2,1H3. The molecule has 0 aliphatic rings. The number of carbonyl (C=O) groups excluding carboxylic acids is 1. The SMILES string of the molecule is CCCOCC(=O)Cc1ccc(Cl)s1. The van der Waals surface area contributed by atoms with Gasteiger partial charge in [0.25, 0.3) is 0 Å². The Bertz CT molecular complexity index is 296. The molecule has 0 saturated carbocycles. The molecule has 14 heavy (non-hydrogen) atoms. The molecule has 0 amide bonds. The average Bonchev–Trinajstić information content (AvgIpc) is 2.52. The fourth-order valence-corrected chi connectivity index (χ4v) is 2.14. The van der Waals surface area contributed by atoms with Gasteiger partial charge >= 0.3 is 0 Å². The predicted molar refractivity (Wildman–Crippen MR) is 59.2 cm³/mol. The lowest BCUT2D eigenvalue weighted by atomic mass is 10.2. The minimum absolute atomic E-state index is 0.108. The Morgan fingerprint density at radius 2 is 2.36 bits per heavy atom. The second-order valence-corrected chi connectivity index (χ2v) is 4.77. The van der Waals surface area contributed by atoms with E-state index in [9.17, 15) is 4.79 Å². The van der Waals surface area contributed by atoms with Gasteiger partial charge in [-0.2, -0.15) is 0 Å². The summed E-state index contributed by atoms with van der Waals surface area (Å²) in [5.74, 6) is 0.108. The van der Waals surface area contributed by atoms with Gasteiger partial charge in [0.15, 0.2) is 5.78 Å². The average molecular weight is 233 g/mol. The van der Waals surface area contributed by atoms with Crippen LogP contribution in [0.3, 0.4) is 0 Å². The lowest BCUT2D eigenvalue weighted by Crippen LogP contribution is -2.11. The van der Waals surface area contributed by atoms with Gasteiger partial charge in [0.05, 0.1) is 4.34 Å². The van der Waals surface area contributed by atoms with E-state index in [4.69, 9.17) is 16.3 Å². The summed E-state index contributed by atoms with van der Waals surface area (Å²) in [6, 6.07) is 3.69. The Labute approximate surface area is 92.8 Å². The van der Waals surface area contributed by atoms with Gasteiger partial charge in [0, 0.05) is 17.9 Å². The van der Waals surface area contributed by atoms with Crippen molar-refractivity contribution in [2.24, 2.45) is 0 Å². The third-order valence-corrected chi connectivity index (χ3v) is 2.84. The van der Waals surface area contributed by atoms with Crippen molar-refractivity contribution >= 4 is 28.7 Å². The van der Waals surface area contributed by atoms with Gasteiger partial charge in [-0.3, -0.25) is 4.79 Å². The molecule has 0 bridgehead atoms. The molecule has 78 valence electrons. The molecule has 0 atom stereocenters. The van der Waals surface area contributed by atoms with Crippen LogP contribution in [0.5, 0.6) is 0 Å². The molecule has 1 rings (SSSR count). The number of rotatable bonds is 6. The number of ether oxygens (including phenoxy) is 1. The zero-order valence-electron chi connectivity index (χ0n) is 8.09. The summed E-state index contributed by atoms with van der Waals surface area (Å²) in [5.41, 5.74) is 0. The van der Waals surface area contributed by atoms with Crippen molar-refractivity contribution in [3.63, 3.8) is 0 Å². The van der Waals surface area contributed by atoms with Crippen molar-refractivity contribution in [1.82, 2.24) is 0 Å². The predicted octanol–water partition coefficient (Wildman–Crippen LogP) is 2.94. The molecule has 0 saturated heterocycles. The van der Waals surface area contributed by atoms with Gasteiger partial charge in [0.1, 0.15) is 6.61 Å². The minimum Gasteiger partial charge on any atom is -0.374 e. The summed E-state index contributed by atoms with van der Waals surface area (Å²) in [5, 5.41) is 0. The van der Waals surface area contributed by atoms with E-state index in [0.29, 0.717) is 13.0 Å². The summed E-state index contributed by atoms with van der Waals surface area (Å²) in [6.07, 6.45) is 1.37. The molecule has 1 aromatic heterocycles. The smallest absolute Gasteiger partial charge is 0.163 e. The number of Topliss-reactive ketones (excluding diaryl/α,β-unsaturated/α-hetero) is 1. The Kier molecular flexibility index (Phi) is 5.15. The quantitative estimate of drug-likeness (QED) is 0.705. The third-order valence-electron chi connectivity index (χ3n) is 1.61. The summed E-state index contributed by atoms with van der Waals surface area (Å²) in [4.78, 5) is 12.3. The second-order valence-electron chi connectivity index (χ2n) is 2.97. The first-order valence-electron chi connectivity index (χ1n) is 4.56.